The van der Waals surface area contributed by atoms with Crippen LogP contribution in [0.3, 0.4) is 0 Å². The first-order valence-electron chi connectivity index (χ1n) is 4.27. The van der Waals surface area contributed by atoms with E-state index in [9.17, 15) is 0 Å². The average Bonchev–Trinajstić information content (AvgIpc) is 1.82. The van der Waals surface area contributed by atoms with E-state index in [-0.39, 0.29) is 18.1 Å². The lowest BCUT2D eigenvalue weighted by atomic mass is 10.3. The molecule has 0 bridgehead atoms. The molecule has 0 unspecified atom stereocenters. The van der Waals surface area contributed by atoms with Crippen molar-refractivity contribution in [2.75, 3.05) is 19.0 Å². The van der Waals surface area contributed by atoms with Crippen molar-refractivity contribution in [2.24, 2.45) is 0 Å². The predicted molar refractivity (Wildman–Crippen MR) is 40.8 cm³/mol. The zero-order chi connectivity index (χ0) is 9.30. The molecular formula is C8H11N. The van der Waals surface area contributed by atoms with Crippen molar-refractivity contribution >= 4 is 5.69 Å². The molecule has 1 aromatic rings. The highest BCUT2D eigenvalue weighted by Crippen LogP contribution is 2.07. The van der Waals surface area contributed by atoms with Gasteiger partial charge in [-0.1, -0.05) is 18.2 Å². The van der Waals surface area contributed by atoms with E-state index in [1.54, 1.807) is 19.0 Å². The summed E-state index contributed by atoms with van der Waals surface area (Å²) in [7, 11) is 3.57. The molecule has 0 fully saturated rings. The van der Waals surface area contributed by atoms with E-state index in [0.29, 0.717) is 5.69 Å². The third-order valence-corrected chi connectivity index (χ3v) is 1.03. The van der Waals surface area contributed by atoms with Crippen molar-refractivity contribution < 1.29 is 4.11 Å². The molecule has 0 aromatic heterocycles. The Kier molecular flexibility index (Phi) is 0.916. The van der Waals surface area contributed by atoms with Crippen LogP contribution in [-0.4, -0.2) is 14.1 Å². The van der Waals surface area contributed by atoms with Gasteiger partial charge >= 0.3 is 0 Å². The summed E-state index contributed by atoms with van der Waals surface area (Å²) in [4.78, 5) is 1.71. The van der Waals surface area contributed by atoms with E-state index in [4.69, 9.17) is 4.11 Å². The SMILES string of the molecule is [2H]c1cc([2H])c(N(C)C)c([2H])c1. The number of hydrogen-bond acceptors (Lipinski definition) is 1. The first-order valence-corrected chi connectivity index (χ1v) is 2.77. The van der Waals surface area contributed by atoms with Crippen molar-refractivity contribution in [3.63, 3.8) is 0 Å². The molecule has 0 saturated heterocycles. The van der Waals surface area contributed by atoms with Crippen molar-refractivity contribution in [1.82, 2.24) is 0 Å². The highest BCUT2D eigenvalue weighted by Gasteiger charge is 1.87. The molecule has 9 heavy (non-hydrogen) atoms. The fraction of sp³-hybridized carbons (Fsp3) is 0.250. The van der Waals surface area contributed by atoms with Crippen LogP contribution in [0.1, 0.15) is 4.11 Å². The molecule has 1 aromatic carbocycles. The van der Waals surface area contributed by atoms with Crippen molar-refractivity contribution in [1.29, 1.82) is 0 Å². The van der Waals surface area contributed by atoms with Gasteiger partial charge in [0.1, 0.15) is 0 Å². The Hall–Kier alpha value is -0.980. The van der Waals surface area contributed by atoms with E-state index >= 15 is 0 Å². The van der Waals surface area contributed by atoms with Gasteiger partial charge in [-0.15, -0.1) is 0 Å². The van der Waals surface area contributed by atoms with Crippen LogP contribution in [0, 0.1) is 0 Å². The van der Waals surface area contributed by atoms with E-state index in [1.165, 1.54) is 12.1 Å². The molecular weight excluding hydrogens is 110 g/mol. The molecule has 48 valence electrons. The van der Waals surface area contributed by atoms with Crippen LogP contribution in [0.15, 0.2) is 30.3 Å². The third kappa shape index (κ3) is 1.46. The summed E-state index contributed by atoms with van der Waals surface area (Å²) in [5.74, 6) is 0. The molecule has 0 heterocycles. The monoisotopic (exact) mass is 124 g/mol. The summed E-state index contributed by atoms with van der Waals surface area (Å²) >= 11 is 0. The maximum Gasteiger partial charge on any atom is 0.0645 e. The van der Waals surface area contributed by atoms with Gasteiger partial charge in [0.15, 0.2) is 0 Å². The minimum absolute atomic E-state index is 0.218. The molecule has 1 nitrogen and oxygen atoms in total. The first-order chi connectivity index (χ1) is 5.52. The average molecular weight is 124 g/mol. The van der Waals surface area contributed by atoms with Gasteiger partial charge in [0.05, 0.1) is 4.11 Å². The largest absolute Gasteiger partial charge is 0.378 e. The zero-order valence-corrected chi connectivity index (χ0v) is 5.60. The van der Waals surface area contributed by atoms with Crippen LogP contribution >= 0.6 is 0 Å². The van der Waals surface area contributed by atoms with Crippen LogP contribution in [0.25, 0.3) is 0 Å². The second-order valence-electron chi connectivity index (χ2n) is 1.99. The standard InChI is InChI=1S/C8H11N/c1-9(2)8-6-4-3-5-7-8/h3-7H,1-2H3/i3D,6D,7D. The van der Waals surface area contributed by atoms with Crippen molar-refractivity contribution in [3.8, 4) is 0 Å². The van der Waals surface area contributed by atoms with Gasteiger partial charge in [0, 0.05) is 19.8 Å². The molecule has 1 rings (SSSR count). The Morgan fingerprint density at radius 1 is 1.33 bits per heavy atom. The molecule has 0 aliphatic rings. The Morgan fingerprint density at radius 3 is 2.33 bits per heavy atom. The summed E-state index contributed by atoms with van der Waals surface area (Å²) < 4.78 is 22.3. The lowest BCUT2D eigenvalue weighted by Gasteiger charge is -2.10. The van der Waals surface area contributed by atoms with Crippen LogP contribution in [-0.2, 0) is 0 Å². The van der Waals surface area contributed by atoms with E-state index in [2.05, 4.69) is 0 Å². The number of nitrogens with zero attached hydrogens (tertiary/aromatic N) is 1. The van der Waals surface area contributed by atoms with Crippen LogP contribution < -0.4 is 4.90 Å². The van der Waals surface area contributed by atoms with E-state index in [1.807, 2.05) is 0 Å². The van der Waals surface area contributed by atoms with Gasteiger partial charge in [-0.25, -0.2) is 0 Å². The Labute approximate surface area is 60.1 Å². The molecule has 0 aliphatic heterocycles. The van der Waals surface area contributed by atoms with Gasteiger partial charge in [-0.05, 0) is 12.1 Å². The van der Waals surface area contributed by atoms with Crippen LogP contribution in [0.5, 0.6) is 0 Å². The minimum Gasteiger partial charge on any atom is -0.378 e. The number of benzene rings is 1. The van der Waals surface area contributed by atoms with Gasteiger partial charge in [-0.3, -0.25) is 0 Å². The highest BCUT2D eigenvalue weighted by molar-refractivity contribution is 5.43. The van der Waals surface area contributed by atoms with Crippen molar-refractivity contribution in [2.45, 2.75) is 0 Å². The number of para-hydroxylation sites is 1. The lowest BCUT2D eigenvalue weighted by Crippen LogP contribution is -2.07. The molecule has 0 radical (unpaired) electrons. The fourth-order valence-corrected chi connectivity index (χ4v) is 0.562. The molecule has 0 amide bonds. The maximum absolute atomic E-state index is 7.50. The summed E-state index contributed by atoms with van der Waals surface area (Å²) in [6, 6.07) is 3.56. The number of anilines is 1. The molecule has 0 spiro atoms. The smallest absolute Gasteiger partial charge is 0.0645 e. The van der Waals surface area contributed by atoms with Gasteiger partial charge < -0.3 is 4.90 Å². The normalized spacial score (nSPS) is 13.8. The molecule has 0 N–H and O–H groups in total. The minimum atomic E-state index is 0.218. The van der Waals surface area contributed by atoms with Gasteiger partial charge in [0.25, 0.3) is 0 Å². The lowest BCUT2D eigenvalue weighted by molar-refractivity contribution is 1.13. The van der Waals surface area contributed by atoms with Crippen LogP contribution in [0.4, 0.5) is 5.69 Å². The maximum atomic E-state index is 7.50. The Balaban J connectivity index is 3.28. The quantitative estimate of drug-likeness (QED) is 0.551. The molecule has 1 heteroatoms. The summed E-state index contributed by atoms with van der Waals surface area (Å²) in [5, 5.41) is 0. The Morgan fingerprint density at radius 2 is 1.89 bits per heavy atom. The predicted octanol–water partition coefficient (Wildman–Crippen LogP) is 1.75. The first kappa shape index (κ1) is 3.25. The zero-order valence-electron chi connectivity index (χ0n) is 8.60. The molecule has 0 atom stereocenters. The van der Waals surface area contributed by atoms with Crippen LogP contribution in [0.2, 0.25) is 0 Å². The van der Waals surface area contributed by atoms with Crippen molar-refractivity contribution in [3.05, 3.63) is 30.3 Å². The number of hydrogen-bond donors (Lipinski definition) is 0. The van der Waals surface area contributed by atoms with Gasteiger partial charge in [0.2, 0.25) is 0 Å². The summed E-state index contributed by atoms with van der Waals surface area (Å²) in [6.45, 7) is 0. The second-order valence-corrected chi connectivity index (χ2v) is 1.99. The molecule has 0 saturated carbocycles. The summed E-state index contributed by atoms with van der Waals surface area (Å²) in [5.41, 5.74) is 0.561. The summed E-state index contributed by atoms with van der Waals surface area (Å²) in [6.07, 6.45) is 0. The third-order valence-electron chi connectivity index (χ3n) is 1.03. The number of rotatable bonds is 1. The van der Waals surface area contributed by atoms with E-state index in [0.717, 1.165) is 0 Å². The van der Waals surface area contributed by atoms with Gasteiger partial charge in [-0.2, -0.15) is 0 Å². The highest BCUT2D eigenvalue weighted by atomic mass is 15.1. The fourth-order valence-electron chi connectivity index (χ4n) is 0.562. The van der Waals surface area contributed by atoms with E-state index < -0.39 is 0 Å². The topological polar surface area (TPSA) is 3.24 Å². The second kappa shape index (κ2) is 2.53. The Bertz CT molecular complexity index is 273. The molecule has 0 aliphatic carbocycles.